The van der Waals surface area contributed by atoms with Gasteiger partial charge in [-0.25, -0.2) is 4.68 Å². The lowest BCUT2D eigenvalue weighted by atomic mass is 10.2. The second kappa shape index (κ2) is 6.29. The highest BCUT2D eigenvalue weighted by Crippen LogP contribution is 2.23. The third-order valence-electron chi connectivity index (χ3n) is 2.95. The Bertz CT molecular complexity index is 578. The molecule has 2 rings (SSSR count). The highest BCUT2D eigenvalue weighted by atomic mass is 16.5. The fourth-order valence-corrected chi connectivity index (χ4v) is 1.94. The van der Waals surface area contributed by atoms with Crippen LogP contribution >= 0.6 is 0 Å². The van der Waals surface area contributed by atoms with Gasteiger partial charge in [-0.1, -0.05) is 6.92 Å². The Morgan fingerprint density at radius 2 is 2.40 bits per heavy atom. The fourth-order valence-electron chi connectivity index (χ4n) is 1.94. The molecule has 0 saturated heterocycles. The number of furan rings is 1. The first kappa shape index (κ1) is 14.2. The normalized spacial score (nSPS) is 12.5. The van der Waals surface area contributed by atoms with Crippen molar-refractivity contribution in [3.63, 3.8) is 0 Å². The smallest absolute Gasteiger partial charge is 0.306 e. The van der Waals surface area contributed by atoms with Crippen LogP contribution in [0.3, 0.4) is 0 Å². The minimum atomic E-state index is -0.927. The van der Waals surface area contributed by atoms with Crippen LogP contribution in [0.1, 0.15) is 19.1 Å². The van der Waals surface area contributed by atoms with Gasteiger partial charge >= 0.3 is 5.97 Å². The number of nitrogens with zero attached hydrogens (tertiary/aromatic N) is 4. The number of carbonyl (C=O) groups is 1. The van der Waals surface area contributed by atoms with Crippen LogP contribution in [0.2, 0.25) is 0 Å². The molecule has 0 saturated carbocycles. The Balaban J connectivity index is 2.22. The number of aryl methyl sites for hydroxylation is 1. The summed E-state index contributed by atoms with van der Waals surface area (Å²) >= 11 is 0. The highest BCUT2D eigenvalue weighted by Gasteiger charge is 2.19. The first-order valence-electron chi connectivity index (χ1n) is 6.23. The SMILES string of the molecule is CCc1occc1-c1nnnn1CC(CC(=O)O)OC. The van der Waals surface area contributed by atoms with Gasteiger partial charge in [-0.2, -0.15) is 0 Å². The van der Waals surface area contributed by atoms with E-state index in [0.29, 0.717) is 5.82 Å². The van der Waals surface area contributed by atoms with Crippen molar-refractivity contribution in [2.24, 2.45) is 0 Å². The number of aromatic nitrogens is 4. The van der Waals surface area contributed by atoms with Gasteiger partial charge in [-0.05, 0) is 16.5 Å². The molecule has 0 aliphatic heterocycles. The second-order valence-electron chi connectivity index (χ2n) is 4.25. The van der Waals surface area contributed by atoms with Gasteiger partial charge in [0.1, 0.15) is 5.76 Å². The number of ether oxygens (including phenoxy) is 1. The van der Waals surface area contributed by atoms with Gasteiger partial charge < -0.3 is 14.3 Å². The zero-order chi connectivity index (χ0) is 14.5. The first-order valence-corrected chi connectivity index (χ1v) is 6.23. The third kappa shape index (κ3) is 3.02. The molecule has 8 nitrogen and oxygen atoms in total. The van der Waals surface area contributed by atoms with E-state index in [1.54, 1.807) is 12.3 Å². The van der Waals surface area contributed by atoms with Gasteiger partial charge in [0.2, 0.25) is 0 Å². The molecule has 8 heteroatoms. The average Bonchev–Trinajstić information content (AvgIpc) is 3.04. The summed E-state index contributed by atoms with van der Waals surface area (Å²) < 4.78 is 12.0. The molecule has 0 bridgehead atoms. The largest absolute Gasteiger partial charge is 0.481 e. The lowest BCUT2D eigenvalue weighted by Crippen LogP contribution is -2.23. The molecule has 2 heterocycles. The van der Waals surface area contributed by atoms with E-state index in [0.717, 1.165) is 17.7 Å². The molecule has 0 spiro atoms. The monoisotopic (exact) mass is 280 g/mol. The number of tetrazole rings is 1. The summed E-state index contributed by atoms with van der Waals surface area (Å²) in [5.41, 5.74) is 0.808. The number of aliphatic carboxylic acids is 1. The summed E-state index contributed by atoms with van der Waals surface area (Å²) in [4.78, 5) is 10.8. The van der Waals surface area contributed by atoms with Crippen LogP contribution in [0.5, 0.6) is 0 Å². The zero-order valence-corrected chi connectivity index (χ0v) is 11.3. The van der Waals surface area contributed by atoms with Crippen molar-refractivity contribution in [3.05, 3.63) is 18.1 Å². The van der Waals surface area contributed by atoms with E-state index in [4.69, 9.17) is 14.3 Å². The van der Waals surface area contributed by atoms with Crippen LogP contribution in [0, 0.1) is 0 Å². The van der Waals surface area contributed by atoms with Gasteiger partial charge in [-0.15, -0.1) is 5.10 Å². The summed E-state index contributed by atoms with van der Waals surface area (Å²) in [5.74, 6) is 0.403. The molecular formula is C12H16N4O4. The molecule has 2 aromatic heterocycles. The Kier molecular flexibility index (Phi) is 4.46. The molecule has 0 fully saturated rings. The minimum absolute atomic E-state index is 0.109. The maximum atomic E-state index is 10.8. The number of hydrogen-bond acceptors (Lipinski definition) is 6. The number of rotatable bonds is 7. The molecule has 0 aliphatic rings. The molecule has 0 aliphatic carbocycles. The van der Waals surface area contributed by atoms with Crippen LogP contribution in [-0.4, -0.2) is 44.5 Å². The zero-order valence-electron chi connectivity index (χ0n) is 11.3. The maximum Gasteiger partial charge on any atom is 0.306 e. The quantitative estimate of drug-likeness (QED) is 0.806. The summed E-state index contributed by atoms with van der Waals surface area (Å²) in [5, 5.41) is 20.3. The maximum absolute atomic E-state index is 10.8. The first-order chi connectivity index (χ1) is 9.65. The van der Waals surface area contributed by atoms with Crippen LogP contribution in [0.25, 0.3) is 11.4 Å². The standard InChI is InChI=1S/C12H16N4O4/c1-3-10-9(4-5-20-10)12-13-14-15-16(12)7-8(19-2)6-11(17)18/h4-5,8H,3,6-7H2,1-2H3,(H,17,18). The summed E-state index contributed by atoms with van der Waals surface area (Å²) in [6.45, 7) is 2.23. The van der Waals surface area contributed by atoms with Crippen molar-refractivity contribution in [1.82, 2.24) is 20.2 Å². The Morgan fingerprint density at radius 1 is 1.60 bits per heavy atom. The molecule has 0 aromatic carbocycles. The summed E-state index contributed by atoms with van der Waals surface area (Å²) in [6, 6.07) is 1.79. The van der Waals surface area contributed by atoms with E-state index in [1.807, 2.05) is 6.92 Å². The predicted octanol–water partition coefficient (Wildman–Crippen LogP) is 0.985. The molecule has 2 aromatic rings. The van der Waals surface area contributed by atoms with Crippen LogP contribution < -0.4 is 0 Å². The average molecular weight is 280 g/mol. The van der Waals surface area contributed by atoms with E-state index >= 15 is 0 Å². The molecule has 1 unspecified atom stereocenters. The number of carboxylic acids is 1. The van der Waals surface area contributed by atoms with E-state index < -0.39 is 12.1 Å². The number of carboxylic acid groups (broad SMARTS) is 1. The topological polar surface area (TPSA) is 103 Å². The van der Waals surface area contributed by atoms with Gasteiger partial charge in [0.15, 0.2) is 5.82 Å². The highest BCUT2D eigenvalue weighted by molar-refractivity contribution is 5.67. The van der Waals surface area contributed by atoms with E-state index in [-0.39, 0.29) is 13.0 Å². The van der Waals surface area contributed by atoms with Crippen molar-refractivity contribution in [1.29, 1.82) is 0 Å². The lowest BCUT2D eigenvalue weighted by molar-refractivity contribution is -0.140. The third-order valence-corrected chi connectivity index (χ3v) is 2.95. The van der Waals surface area contributed by atoms with Crippen LogP contribution in [-0.2, 0) is 22.5 Å². The number of hydrogen-bond donors (Lipinski definition) is 1. The lowest BCUT2D eigenvalue weighted by Gasteiger charge is -2.13. The molecule has 108 valence electrons. The van der Waals surface area contributed by atoms with Gasteiger partial charge in [0.05, 0.1) is 30.9 Å². The molecular weight excluding hydrogens is 264 g/mol. The molecule has 0 radical (unpaired) electrons. The van der Waals surface area contributed by atoms with Gasteiger partial charge in [0, 0.05) is 13.5 Å². The van der Waals surface area contributed by atoms with Crippen molar-refractivity contribution in [2.45, 2.75) is 32.4 Å². The molecule has 1 atom stereocenters. The van der Waals surface area contributed by atoms with Gasteiger partial charge in [0.25, 0.3) is 0 Å². The van der Waals surface area contributed by atoms with E-state index in [9.17, 15) is 4.79 Å². The van der Waals surface area contributed by atoms with Gasteiger partial charge in [-0.3, -0.25) is 4.79 Å². The van der Waals surface area contributed by atoms with E-state index in [1.165, 1.54) is 11.8 Å². The molecule has 20 heavy (non-hydrogen) atoms. The Labute approximate surface area is 115 Å². The fraction of sp³-hybridized carbons (Fsp3) is 0.500. The van der Waals surface area contributed by atoms with Crippen molar-refractivity contribution in [3.8, 4) is 11.4 Å². The summed E-state index contributed by atoms with van der Waals surface area (Å²) in [6.07, 6.45) is 1.70. The second-order valence-corrected chi connectivity index (χ2v) is 4.25. The van der Waals surface area contributed by atoms with Crippen LogP contribution in [0.15, 0.2) is 16.7 Å². The summed E-state index contributed by atoms with van der Waals surface area (Å²) in [7, 11) is 1.47. The Morgan fingerprint density at radius 3 is 3.05 bits per heavy atom. The van der Waals surface area contributed by atoms with Crippen molar-refractivity contribution in [2.75, 3.05) is 7.11 Å². The van der Waals surface area contributed by atoms with Crippen molar-refractivity contribution < 1.29 is 19.1 Å². The molecule has 0 amide bonds. The predicted molar refractivity (Wildman–Crippen MR) is 67.9 cm³/mol. The minimum Gasteiger partial charge on any atom is -0.481 e. The Hall–Kier alpha value is -2.22. The van der Waals surface area contributed by atoms with Crippen LogP contribution in [0.4, 0.5) is 0 Å². The van der Waals surface area contributed by atoms with E-state index in [2.05, 4.69) is 15.5 Å². The van der Waals surface area contributed by atoms with Crippen molar-refractivity contribution >= 4 is 5.97 Å². The molecule has 1 N–H and O–H groups in total. The number of methoxy groups -OCH3 is 1.